The summed E-state index contributed by atoms with van der Waals surface area (Å²) in [5, 5.41) is 9.11. The van der Waals surface area contributed by atoms with E-state index < -0.39 is 5.97 Å². The lowest BCUT2D eigenvalue weighted by molar-refractivity contribution is -0.115. The van der Waals surface area contributed by atoms with Crippen molar-refractivity contribution in [3.05, 3.63) is 29.8 Å². The number of benzene rings is 1. The van der Waals surface area contributed by atoms with Crippen molar-refractivity contribution in [3.8, 4) is 0 Å². The second-order valence-electron chi connectivity index (χ2n) is 5.18. The molecule has 0 heterocycles. The number of carbonyl (C=O) groups excluding carboxylic acids is 1. The van der Waals surface area contributed by atoms with E-state index in [1.165, 1.54) is 11.0 Å². The normalized spacial score (nSPS) is 11.2. The van der Waals surface area contributed by atoms with E-state index in [4.69, 9.17) is 5.11 Å². The summed E-state index contributed by atoms with van der Waals surface area (Å²) in [5.41, 5.74) is 0.564. The molecule has 0 fully saturated rings. The number of carboxylic acids is 1. The van der Waals surface area contributed by atoms with Crippen LogP contribution < -0.4 is 4.90 Å². The molecule has 1 aromatic rings. The zero-order valence-electron chi connectivity index (χ0n) is 11.6. The van der Waals surface area contributed by atoms with E-state index in [9.17, 15) is 9.59 Å². The number of thioether (sulfide) groups is 1. The first kappa shape index (κ1) is 15.6. The van der Waals surface area contributed by atoms with Crippen LogP contribution in [0.25, 0.3) is 0 Å². The molecule has 1 aromatic carbocycles. The Bertz CT molecular complexity index is 480. The van der Waals surface area contributed by atoms with Crippen LogP contribution in [0.4, 0.5) is 5.69 Å². The molecular formula is C14H19NO3S. The lowest BCUT2D eigenvalue weighted by Crippen LogP contribution is -2.30. The highest BCUT2D eigenvalue weighted by atomic mass is 32.2. The Morgan fingerprint density at radius 1 is 1.26 bits per heavy atom. The average Bonchev–Trinajstić information content (AvgIpc) is 2.34. The van der Waals surface area contributed by atoms with Crippen LogP contribution in [0.2, 0.25) is 0 Å². The number of carbonyl (C=O) groups is 2. The smallest absolute Gasteiger partial charge is 0.337 e. The molecule has 5 heteroatoms. The van der Waals surface area contributed by atoms with Gasteiger partial charge in [-0.2, -0.15) is 0 Å². The lowest BCUT2D eigenvalue weighted by atomic mass is 10.1. The van der Waals surface area contributed by atoms with E-state index in [-0.39, 0.29) is 16.2 Å². The zero-order chi connectivity index (χ0) is 14.6. The molecule has 0 aliphatic rings. The average molecular weight is 281 g/mol. The summed E-state index contributed by atoms with van der Waals surface area (Å²) in [5.74, 6) is -0.805. The molecule has 0 aromatic heterocycles. The van der Waals surface area contributed by atoms with Gasteiger partial charge in [0.25, 0.3) is 0 Å². The number of carboxylic acid groups (broad SMARTS) is 1. The van der Waals surface area contributed by atoms with E-state index in [0.717, 1.165) is 0 Å². The predicted molar refractivity (Wildman–Crippen MR) is 79.0 cm³/mol. The molecule has 0 bridgehead atoms. The number of nitrogens with zero attached hydrogens (tertiary/aromatic N) is 1. The first-order chi connectivity index (χ1) is 8.72. The number of para-hydroxylation sites is 1. The van der Waals surface area contributed by atoms with Crippen LogP contribution in [0.5, 0.6) is 0 Å². The molecule has 19 heavy (non-hydrogen) atoms. The third-order valence-corrected chi connectivity index (χ3v) is 3.76. The molecule has 0 saturated heterocycles. The predicted octanol–water partition coefficient (Wildman–Crippen LogP) is 2.88. The van der Waals surface area contributed by atoms with E-state index in [0.29, 0.717) is 11.4 Å². The van der Waals surface area contributed by atoms with Crippen LogP contribution in [0.3, 0.4) is 0 Å². The summed E-state index contributed by atoms with van der Waals surface area (Å²) in [6, 6.07) is 6.51. The van der Waals surface area contributed by atoms with Gasteiger partial charge in [0.05, 0.1) is 17.0 Å². The highest BCUT2D eigenvalue weighted by Crippen LogP contribution is 2.25. The quantitative estimate of drug-likeness (QED) is 0.922. The van der Waals surface area contributed by atoms with Crippen molar-refractivity contribution in [1.82, 2.24) is 0 Å². The Morgan fingerprint density at radius 2 is 1.84 bits per heavy atom. The third kappa shape index (κ3) is 4.59. The molecule has 104 valence electrons. The first-order valence-corrected chi connectivity index (χ1v) is 6.94. The number of hydrogen-bond acceptors (Lipinski definition) is 3. The molecule has 1 N–H and O–H groups in total. The van der Waals surface area contributed by atoms with Gasteiger partial charge in [0, 0.05) is 11.8 Å². The van der Waals surface area contributed by atoms with Gasteiger partial charge in [-0.3, -0.25) is 4.79 Å². The van der Waals surface area contributed by atoms with Crippen molar-refractivity contribution < 1.29 is 14.7 Å². The van der Waals surface area contributed by atoms with Crippen LogP contribution in [-0.2, 0) is 4.79 Å². The number of hydrogen-bond donors (Lipinski definition) is 1. The molecule has 1 amide bonds. The van der Waals surface area contributed by atoms with E-state index in [1.54, 1.807) is 37.0 Å². The largest absolute Gasteiger partial charge is 0.478 e. The number of rotatable bonds is 4. The first-order valence-electron chi connectivity index (χ1n) is 5.95. The fourth-order valence-corrected chi connectivity index (χ4v) is 2.21. The number of aromatic carboxylic acids is 1. The fourth-order valence-electron chi connectivity index (χ4n) is 1.46. The van der Waals surface area contributed by atoms with Gasteiger partial charge in [0.1, 0.15) is 0 Å². The third-order valence-electron chi connectivity index (χ3n) is 2.50. The van der Waals surface area contributed by atoms with Crippen molar-refractivity contribution in [3.63, 3.8) is 0 Å². The highest BCUT2D eigenvalue weighted by Gasteiger charge is 2.20. The second kappa shape index (κ2) is 6.10. The van der Waals surface area contributed by atoms with Crippen LogP contribution in [0.15, 0.2) is 24.3 Å². The van der Waals surface area contributed by atoms with Crippen LogP contribution in [-0.4, -0.2) is 34.5 Å². The fraction of sp³-hybridized carbons (Fsp3) is 0.429. The Morgan fingerprint density at radius 3 is 2.37 bits per heavy atom. The summed E-state index contributed by atoms with van der Waals surface area (Å²) in [6.07, 6.45) is 0. The van der Waals surface area contributed by atoms with Gasteiger partial charge in [0.2, 0.25) is 5.91 Å². The molecule has 0 aliphatic carbocycles. The van der Waals surface area contributed by atoms with Crippen molar-refractivity contribution in [2.24, 2.45) is 0 Å². The van der Waals surface area contributed by atoms with Gasteiger partial charge in [-0.15, -0.1) is 11.8 Å². The van der Waals surface area contributed by atoms with Crippen LogP contribution in [0, 0.1) is 0 Å². The minimum atomic E-state index is -1.03. The van der Waals surface area contributed by atoms with Gasteiger partial charge in [-0.1, -0.05) is 32.9 Å². The lowest BCUT2D eigenvalue weighted by Gasteiger charge is -2.22. The topological polar surface area (TPSA) is 57.6 Å². The van der Waals surface area contributed by atoms with E-state index in [1.807, 2.05) is 20.8 Å². The molecule has 0 saturated carbocycles. The molecule has 0 aliphatic heterocycles. The van der Waals surface area contributed by atoms with Gasteiger partial charge in [-0.25, -0.2) is 4.79 Å². The zero-order valence-corrected chi connectivity index (χ0v) is 12.5. The van der Waals surface area contributed by atoms with E-state index >= 15 is 0 Å². The summed E-state index contributed by atoms with van der Waals surface area (Å²) in [4.78, 5) is 24.6. The van der Waals surface area contributed by atoms with Crippen LogP contribution in [0.1, 0.15) is 31.1 Å². The van der Waals surface area contributed by atoms with Crippen molar-refractivity contribution >= 4 is 29.3 Å². The molecule has 0 radical (unpaired) electrons. The van der Waals surface area contributed by atoms with Crippen molar-refractivity contribution in [2.45, 2.75) is 25.5 Å². The second-order valence-corrected chi connectivity index (χ2v) is 6.98. The molecule has 1 rings (SSSR count). The number of amides is 1. The maximum Gasteiger partial charge on any atom is 0.337 e. The summed E-state index contributed by atoms with van der Waals surface area (Å²) in [7, 11) is 1.60. The Labute approximate surface area is 117 Å². The van der Waals surface area contributed by atoms with Gasteiger partial charge in [-0.05, 0) is 12.1 Å². The summed E-state index contributed by atoms with van der Waals surface area (Å²) < 4.78 is 0.00279. The summed E-state index contributed by atoms with van der Waals surface area (Å²) in [6.45, 7) is 6.11. The minimum absolute atomic E-state index is 0.00279. The van der Waals surface area contributed by atoms with E-state index in [2.05, 4.69) is 0 Å². The van der Waals surface area contributed by atoms with Crippen molar-refractivity contribution in [2.75, 3.05) is 17.7 Å². The molecular weight excluding hydrogens is 262 g/mol. The molecule has 0 spiro atoms. The Hall–Kier alpha value is -1.49. The Balaban J connectivity index is 2.86. The van der Waals surface area contributed by atoms with Crippen molar-refractivity contribution in [1.29, 1.82) is 0 Å². The van der Waals surface area contributed by atoms with Crippen LogP contribution >= 0.6 is 11.8 Å². The molecule has 4 nitrogen and oxygen atoms in total. The van der Waals surface area contributed by atoms with Gasteiger partial charge < -0.3 is 10.0 Å². The Kier molecular flexibility index (Phi) is 5.00. The standard InChI is InChI=1S/C14H19NO3S/c1-14(2,3)19-9-12(16)15(4)11-8-6-5-7-10(11)13(17)18/h5-8H,9H2,1-4H3,(H,17,18). The monoisotopic (exact) mass is 281 g/mol. The summed E-state index contributed by atoms with van der Waals surface area (Å²) >= 11 is 1.54. The number of anilines is 1. The highest BCUT2D eigenvalue weighted by molar-refractivity contribution is 8.01. The molecule has 0 atom stereocenters. The maximum absolute atomic E-state index is 12.1. The maximum atomic E-state index is 12.1. The molecule has 0 unspecified atom stereocenters. The minimum Gasteiger partial charge on any atom is -0.478 e. The van der Waals surface area contributed by atoms with Gasteiger partial charge >= 0.3 is 5.97 Å². The van der Waals surface area contributed by atoms with Gasteiger partial charge in [0.15, 0.2) is 0 Å². The SMILES string of the molecule is CN(C(=O)CSC(C)(C)C)c1ccccc1C(=O)O.